The van der Waals surface area contributed by atoms with Crippen molar-refractivity contribution in [3.05, 3.63) is 0 Å². The summed E-state index contributed by atoms with van der Waals surface area (Å²) < 4.78 is 4.59. The average Bonchev–Trinajstić information content (AvgIpc) is 3.02. The molecule has 1 saturated heterocycles. The molecular weight excluding hydrogens is 256 g/mol. The molecule has 1 heterocycles. The van der Waals surface area contributed by atoms with Gasteiger partial charge in [-0.3, -0.25) is 4.79 Å². The van der Waals surface area contributed by atoms with E-state index in [2.05, 4.69) is 15.4 Å². The number of carbonyl (C=O) groups excluding carboxylic acids is 2. The van der Waals surface area contributed by atoms with Crippen molar-refractivity contribution in [1.82, 2.24) is 10.6 Å². The number of hydrogen-bond acceptors (Lipinski definition) is 4. The van der Waals surface area contributed by atoms with Gasteiger partial charge in [0, 0.05) is 5.92 Å². The molecule has 1 aliphatic carbocycles. The molecule has 2 N–H and O–H groups in total. The van der Waals surface area contributed by atoms with Crippen molar-refractivity contribution >= 4 is 24.3 Å². The summed E-state index contributed by atoms with van der Waals surface area (Å²) in [6, 6.07) is -0.549. The van der Waals surface area contributed by atoms with E-state index in [0.29, 0.717) is 0 Å². The predicted octanol–water partition coefficient (Wildman–Crippen LogP) is 0.476. The molecule has 2 atom stereocenters. The smallest absolute Gasteiger partial charge is 0.328 e. The maximum atomic E-state index is 12.0. The number of amides is 1. The van der Waals surface area contributed by atoms with Crippen molar-refractivity contribution in [3.8, 4) is 0 Å². The maximum absolute atomic E-state index is 12.0. The Hall–Kier alpha value is -0.810. The maximum Gasteiger partial charge on any atom is 0.328 e. The van der Waals surface area contributed by atoms with Crippen LogP contribution in [0.4, 0.5) is 0 Å². The Bertz CT molecular complexity index is 329. The topological polar surface area (TPSA) is 67.4 Å². The number of methoxy groups -OCH3 is 1. The molecule has 0 bridgehead atoms. The lowest BCUT2D eigenvalue weighted by atomic mass is 9.91. The average molecular weight is 277 g/mol. The molecule has 0 aromatic heterocycles. The second kappa shape index (κ2) is 5.89. The van der Waals surface area contributed by atoms with Crippen molar-refractivity contribution in [2.24, 2.45) is 11.3 Å². The molecule has 0 aromatic rings. The Balaban J connectivity index is 0.00000162. The summed E-state index contributed by atoms with van der Waals surface area (Å²) in [5.74, 6) is -0.292. The Morgan fingerprint density at radius 3 is 2.56 bits per heavy atom. The minimum atomic E-state index is -0.549. The molecule has 2 unspecified atom stereocenters. The van der Waals surface area contributed by atoms with E-state index in [1.165, 1.54) is 7.11 Å². The van der Waals surface area contributed by atoms with Crippen LogP contribution in [0.25, 0.3) is 0 Å². The van der Waals surface area contributed by atoms with Crippen molar-refractivity contribution in [1.29, 1.82) is 0 Å². The molecule has 6 heteroatoms. The zero-order valence-corrected chi connectivity index (χ0v) is 11.6. The number of esters is 1. The van der Waals surface area contributed by atoms with Gasteiger partial charge in [-0.05, 0) is 44.7 Å². The molecule has 2 aliphatic rings. The van der Waals surface area contributed by atoms with Crippen molar-refractivity contribution < 1.29 is 14.3 Å². The first-order chi connectivity index (χ1) is 8.09. The van der Waals surface area contributed by atoms with Gasteiger partial charge in [0.15, 0.2) is 0 Å². The molecule has 1 spiro atoms. The fraction of sp³-hybridized carbons (Fsp3) is 0.833. The molecular formula is C12H21ClN2O3. The number of halogens is 1. The van der Waals surface area contributed by atoms with Crippen LogP contribution in [-0.4, -0.2) is 38.1 Å². The minimum Gasteiger partial charge on any atom is -0.467 e. The van der Waals surface area contributed by atoms with E-state index >= 15 is 0 Å². The van der Waals surface area contributed by atoms with Gasteiger partial charge in [0.1, 0.15) is 6.04 Å². The lowest BCUT2D eigenvalue weighted by Gasteiger charge is -2.23. The van der Waals surface area contributed by atoms with Crippen LogP contribution < -0.4 is 10.6 Å². The standard InChI is InChI=1S/C12H20N2O3.ClH/c1-8(11(16)17-2)14-10(15)9-7-12(9)3-5-13-6-4-12;/h8-9,13H,3-7H2,1-2H3,(H,14,15);1H. The first-order valence-corrected chi connectivity index (χ1v) is 6.18. The first kappa shape index (κ1) is 15.2. The SMILES string of the molecule is COC(=O)C(C)NC(=O)C1CC12CCNCC2.Cl. The summed E-state index contributed by atoms with van der Waals surface area (Å²) in [6.07, 6.45) is 3.10. The normalized spacial score (nSPS) is 25.8. The molecule has 1 saturated carbocycles. The van der Waals surface area contributed by atoms with Crippen LogP contribution in [0.1, 0.15) is 26.2 Å². The Labute approximate surface area is 113 Å². The van der Waals surface area contributed by atoms with Gasteiger partial charge in [0.25, 0.3) is 0 Å². The van der Waals surface area contributed by atoms with E-state index in [1.54, 1.807) is 6.92 Å². The van der Waals surface area contributed by atoms with E-state index in [9.17, 15) is 9.59 Å². The first-order valence-electron chi connectivity index (χ1n) is 6.18. The van der Waals surface area contributed by atoms with Crippen molar-refractivity contribution in [3.63, 3.8) is 0 Å². The van der Waals surface area contributed by atoms with E-state index in [1.807, 2.05) is 0 Å². The van der Waals surface area contributed by atoms with Gasteiger partial charge in [-0.1, -0.05) is 0 Å². The van der Waals surface area contributed by atoms with E-state index in [-0.39, 0.29) is 29.6 Å². The molecule has 1 amide bonds. The molecule has 18 heavy (non-hydrogen) atoms. The van der Waals surface area contributed by atoms with Crippen molar-refractivity contribution in [2.45, 2.75) is 32.2 Å². The van der Waals surface area contributed by atoms with E-state index in [0.717, 1.165) is 32.4 Å². The van der Waals surface area contributed by atoms with Crippen LogP contribution in [0, 0.1) is 11.3 Å². The fourth-order valence-electron chi connectivity index (χ4n) is 2.75. The number of piperidine rings is 1. The summed E-state index contributed by atoms with van der Waals surface area (Å²) in [4.78, 5) is 23.2. The lowest BCUT2D eigenvalue weighted by Crippen LogP contribution is -2.41. The summed E-state index contributed by atoms with van der Waals surface area (Å²) in [6.45, 7) is 3.65. The Morgan fingerprint density at radius 1 is 1.39 bits per heavy atom. The van der Waals surface area contributed by atoms with Gasteiger partial charge in [0.2, 0.25) is 5.91 Å². The predicted molar refractivity (Wildman–Crippen MR) is 69.5 cm³/mol. The summed E-state index contributed by atoms with van der Waals surface area (Å²) in [7, 11) is 1.33. The molecule has 2 rings (SSSR count). The third-order valence-electron chi connectivity index (χ3n) is 4.02. The summed E-state index contributed by atoms with van der Waals surface area (Å²) in [5.41, 5.74) is 0.213. The zero-order valence-electron chi connectivity index (χ0n) is 10.8. The number of ether oxygens (including phenoxy) is 1. The second-order valence-electron chi connectivity index (χ2n) is 5.12. The highest BCUT2D eigenvalue weighted by Gasteiger charge is 2.57. The number of nitrogens with one attached hydrogen (secondary N) is 2. The fourth-order valence-corrected chi connectivity index (χ4v) is 2.75. The molecule has 1 aliphatic heterocycles. The van der Waals surface area contributed by atoms with Crippen LogP contribution in [0.5, 0.6) is 0 Å². The van der Waals surface area contributed by atoms with Crippen molar-refractivity contribution in [2.75, 3.05) is 20.2 Å². The highest BCUT2D eigenvalue weighted by molar-refractivity contribution is 5.87. The van der Waals surface area contributed by atoms with Gasteiger partial charge in [-0.15, -0.1) is 12.4 Å². The van der Waals surface area contributed by atoms with E-state index < -0.39 is 12.0 Å². The van der Waals surface area contributed by atoms with Crippen LogP contribution >= 0.6 is 12.4 Å². The second-order valence-corrected chi connectivity index (χ2v) is 5.12. The molecule has 0 radical (unpaired) electrons. The van der Waals surface area contributed by atoms with Gasteiger partial charge >= 0.3 is 5.97 Å². The minimum absolute atomic E-state index is 0. The Morgan fingerprint density at radius 2 is 2.00 bits per heavy atom. The third kappa shape index (κ3) is 2.95. The highest BCUT2D eigenvalue weighted by Crippen LogP contribution is 2.58. The largest absolute Gasteiger partial charge is 0.467 e. The number of hydrogen-bond donors (Lipinski definition) is 2. The Kier molecular flexibility index (Phi) is 4.99. The summed E-state index contributed by atoms with van der Waals surface area (Å²) in [5, 5.41) is 6.03. The number of carbonyl (C=O) groups is 2. The molecule has 0 aromatic carbocycles. The van der Waals surface area contributed by atoms with Crippen LogP contribution in [-0.2, 0) is 14.3 Å². The number of rotatable bonds is 3. The quantitative estimate of drug-likeness (QED) is 0.736. The molecule has 2 fully saturated rings. The summed E-state index contributed by atoms with van der Waals surface area (Å²) >= 11 is 0. The monoisotopic (exact) mass is 276 g/mol. The third-order valence-corrected chi connectivity index (χ3v) is 4.02. The van der Waals surface area contributed by atoms with Gasteiger partial charge in [-0.25, -0.2) is 4.79 Å². The van der Waals surface area contributed by atoms with Crippen LogP contribution in [0.15, 0.2) is 0 Å². The van der Waals surface area contributed by atoms with Crippen LogP contribution in [0.3, 0.4) is 0 Å². The molecule has 104 valence electrons. The lowest BCUT2D eigenvalue weighted by molar-refractivity contribution is -0.144. The molecule has 5 nitrogen and oxygen atoms in total. The van der Waals surface area contributed by atoms with E-state index in [4.69, 9.17) is 0 Å². The van der Waals surface area contributed by atoms with Gasteiger partial charge < -0.3 is 15.4 Å². The zero-order chi connectivity index (χ0) is 12.5. The highest BCUT2D eigenvalue weighted by atomic mass is 35.5. The van der Waals surface area contributed by atoms with Gasteiger partial charge in [0.05, 0.1) is 7.11 Å². The van der Waals surface area contributed by atoms with Gasteiger partial charge in [-0.2, -0.15) is 0 Å². The van der Waals surface area contributed by atoms with Crippen LogP contribution in [0.2, 0.25) is 0 Å².